The Labute approximate surface area is 108 Å². The van der Waals surface area contributed by atoms with Crippen LogP contribution in [-0.2, 0) is 0 Å². The molecule has 0 radical (unpaired) electrons. The Hall–Kier alpha value is -0.0400. The van der Waals surface area contributed by atoms with Crippen LogP contribution in [0.25, 0.3) is 0 Å². The minimum absolute atomic E-state index is 0.930. The monoisotopic (exact) mass is 237 g/mol. The molecule has 2 rings (SSSR count). The number of nitrogens with zero attached hydrogens (tertiary/aromatic N) is 1. The third kappa shape index (κ3) is 3.05. The highest BCUT2D eigenvalue weighted by molar-refractivity contribution is 4.94. The van der Waals surface area contributed by atoms with Crippen LogP contribution in [0.15, 0.2) is 0 Å². The lowest BCUT2D eigenvalue weighted by Crippen LogP contribution is -2.41. The van der Waals surface area contributed by atoms with Gasteiger partial charge in [-0.3, -0.25) is 0 Å². The highest BCUT2D eigenvalue weighted by atomic mass is 15.2. The topological polar surface area (TPSA) is 3.24 Å². The van der Waals surface area contributed by atoms with E-state index >= 15 is 0 Å². The number of hydrogen-bond acceptors (Lipinski definition) is 1. The molecule has 0 spiro atoms. The highest BCUT2D eigenvalue weighted by Gasteiger charge is 2.40. The van der Waals surface area contributed by atoms with Crippen LogP contribution >= 0.6 is 0 Å². The first-order valence-electron chi connectivity index (χ1n) is 7.98. The fourth-order valence-corrected chi connectivity index (χ4v) is 4.29. The van der Waals surface area contributed by atoms with Crippen molar-refractivity contribution in [1.82, 2.24) is 4.90 Å². The standard InChI is InChI=1S/C16H31N/c1-4-6-8-13(7-5-2)14-11-15-9-10-16(12-14)17(15)3/h13-16H,4-12H2,1-3H3. The zero-order valence-corrected chi connectivity index (χ0v) is 12.1. The fraction of sp³-hybridized carbons (Fsp3) is 1.00. The molecular formula is C16H31N. The summed E-state index contributed by atoms with van der Waals surface area (Å²) in [4.78, 5) is 2.68. The van der Waals surface area contributed by atoms with Crippen molar-refractivity contribution < 1.29 is 0 Å². The van der Waals surface area contributed by atoms with Gasteiger partial charge in [-0.1, -0.05) is 46.0 Å². The van der Waals surface area contributed by atoms with Gasteiger partial charge in [-0.05, 0) is 44.6 Å². The second kappa shape index (κ2) is 6.22. The summed E-state index contributed by atoms with van der Waals surface area (Å²) in [6.07, 6.45) is 13.1. The summed E-state index contributed by atoms with van der Waals surface area (Å²) in [6.45, 7) is 4.70. The van der Waals surface area contributed by atoms with Crippen LogP contribution in [-0.4, -0.2) is 24.0 Å². The first-order chi connectivity index (χ1) is 8.26. The third-order valence-electron chi connectivity index (χ3n) is 5.39. The molecule has 17 heavy (non-hydrogen) atoms. The molecule has 1 heteroatoms. The van der Waals surface area contributed by atoms with Crippen LogP contribution in [0.4, 0.5) is 0 Å². The zero-order valence-electron chi connectivity index (χ0n) is 12.1. The summed E-state index contributed by atoms with van der Waals surface area (Å²) in [5.74, 6) is 2.09. The molecule has 0 N–H and O–H groups in total. The zero-order chi connectivity index (χ0) is 12.3. The van der Waals surface area contributed by atoms with Gasteiger partial charge in [0, 0.05) is 12.1 Å². The fourth-order valence-electron chi connectivity index (χ4n) is 4.29. The molecule has 0 amide bonds. The number of piperidine rings is 1. The molecule has 2 fully saturated rings. The van der Waals surface area contributed by atoms with E-state index in [0.717, 1.165) is 23.9 Å². The van der Waals surface area contributed by atoms with Crippen molar-refractivity contribution in [2.24, 2.45) is 11.8 Å². The highest BCUT2D eigenvalue weighted by Crippen LogP contribution is 2.42. The smallest absolute Gasteiger partial charge is 0.00984 e. The Morgan fingerprint density at radius 2 is 1.65 bits per heavy atom. The van der Waals surface area contributed by atoms with Crippen LogP contribution in [0.2, 0.25) is 0 Å². The van der Waals surface area contributed by atoms with E-state index in [-0.39, 0.29) is 0 Å². The van der Waals surface area contributed by atoms with E-state index in [9.17, 15) is 0 Å². The Morgan fingerprint density at radius 1 is 1.00 bits per heavy atom. The van der Waals surface area contributed by atoms with E-state index < -0.39 is 0 Å². The third-order valence-corrected chi connectivity index (χ3v) is 5.39. The molecule has 2 saturated heterocycles. The Morgan fingerprint density at radius 3 is 2.18 bits per heavy atom. The first-order valence-corrected chi connectivity index (χ1v) is 7.98. The normalized spacial score (nSPS) is 35.1. The quantitative estimate of drug-likeness (QED) is 0.659. The maximum atomic E-state index is 2.68. The van der Waals surface area contributed by atoms with Crippen molar-refractivity contribution in [2.75, 3.05) is 7.05 Å². The number of fused-ring (bicyclic) bond motifs is 2. The second-order valence-electron chi connectivity index (χ2n) is 6.47. The molecule has 0 aromatic carbocycles. The lowest BCUT2D eigenvalue weighted by atomic mass is 9.76. The average Bonchev–Trinajstić information content (AvgIpc) is 2.56. The SMILES string of the molecule is CCCCC(CCC)C1CC2CCC(C1)N2C. The van der Waals surface area contributed by atoms with Gasteiger partial charge in [0.2, 0.25) is 0 Å². The summed E-state index contributed by atoms with van der Waals surface area (Å²) in [7, 11) is 2.36. The molecule has 100 valence electrons. The van der Waals surface area contributed by atoms with E-state index in [1.807, 2.05) is 0 Å². The van der Waals surface area contributed by atoms with E-state index in [1.54, 1.807) is 0 Å². The average molecular weight is 237 g/mol. The van der Waals surface area contributed by atoms with Gasteiger partial charge in [-0.25, -0.2) is 0 Å². The van der Waals surface area contributed by atoms with Crippen LogP contribution in [0.3, 0.4) is 0 Å². The van der Waals surface area contributed by atoms with Gasteiger partial charge in [0.15, 0.2) is 0 Å². The largest absolute Gasteiger partial charge is 0.300 e. The molecule has 2 aliphatic heterocycles. The van der Waals surface area contributed by atoms with E-state index in [4.69, 9.17) is 0 Å². The summed E-state index contributed by atoms with van der Waals surface area (Å²) in [5.41, 5.74) is 0. The summed E-state index contributed by atoms with van der Waals surface area (Å²) in [6, 6.07) is 1.86. The Bertz CT molecular complexity index is 212. The van der Waals surface area contributed by atoms with E-state index in [0.29, 0.717) is 0 Å². The lowest BCUT2D eigenvalue weighted by Gasteiger charge is -2.40. The molecule has 2 aliphatic rings. The van der Waals surface area contributed by atoms with Crippen LogP contribution < -0.4 is 0 Å². The molecule has 2 heterocycles. The molecule has 3 unspecified atom stereocenters. The van der Waals surface area contributed by atoms with Crippen LogP contribution in [0.5, 0.6) is 0 Å². The van der Waals surface area contributed by atoms with Gasteiger partial charge in [-0.15, -0.1) is 0 Å². The van der Waals surface area contributed by atoms with Crippen molar-refractivity contribution in [3.05, 3.63) is 0 Å². The lowest BCUT2D eigenvalue weighted by molar-refractivity contribution is 0.0943. The summed E-state index contributed by atoms with van der Waals surface area (Å²) in [5, 5.41) is 0. The second-order valence-corrected chi connectivity index (χ2v) is 6.47. The summed E-state index contributed by atoms with van der Waals surface area (Å²) < 4.78 is 0. The Kier molecular flexibility index (Phi) is 4.90. The van der Waals surface area contributed by atoms with Gasteiger partial charge in [0.05, 0.1) is 0 Å². The minimum atomic E-state index is 0.930. The van der Waals surface area contributed by atoms with Gasteiger partial charge >= 0.3 is 0 Å². The maximum absolute atomic E-state index is 2.68. The molecule has 1 nitrogen and oxygen atoms in total. The molecule has 0 saturated carbocycles. The molecule has 0 aromatic heterocycles. The first kappa shape index (κ1) is 13.4. The predicted molar refractivity (Wildman–Crippen MR) is 75.2 cm³/mol. The Balaban J connectivity index is 1.91. The van der Waals surface area contributed by atoms with Crippen molar-refractivity contribution in [1.29, 1.82) is 0 Å². The van der Waals surface area contributed by atoms with Crippen molar-refractivity contribution in [2.45, 2.75) is 83.7 Å². The maximum Gasteiger partial charge on any atom is 0.00984 e. The van der Waals surface area contributed by atoms with E-state index in [1.165, 1.54) is 57.8 Å². The van der Waals surface area contributed by atoms with Gasteiger partial charge in [0.25, 0.3) is 0 Å². The number of unbranched alkanes of at least 4 members (excludes halogenated alkanes) is 1. The van der Waals surface area contributed by atoms with Gasteiger partial charge in [-0.2, -0.15) is 0 Å². The molecule has 0 aliphatic carbocycles. The van der Waals surface area contributed by atoms with Crippen molar-refractivity contribution in [3.63, 3.8) is 0 Å². The van der Waals surface area contributed by atoms with Crippen molar-refractivity contribution in [3.8, 4) is 0 Å². The molecule has 3 atom stereocenters. The van der Waals surface area contributed by atoms with Crippen LogP contribution in [0, 0.1) is 11.8 Å². The summed E-state index contributed by atoms with van der Waals surface area (Å²) >= 11 is 0. The number of hydrogen-bond donors (Lipinski definition) is 0. The van der Waals surface area contributed by atoms with Crippen LogP contribution in [0.1, 0.15) is 71.6 Å². The minimum Gasteiger partial charge on any atom is -0.300 e. The molecular weight excluding hydrogens is 206 g/mol. The number of rotatable bonds is 6. The predicted octanol–water partition coefficient (Wildman–Crippen LogP) is 4.47. The van der Waals surface area contributed by atoms with Crippen molar-refractivity contribution >= 4 is 0 Å². The molecule has 2 bridgehead atoms. The van der Waals surface area contributed by atoms with Gasteiger partial charge < -0.3 is 4.90 Å². The van der Waals surface area contributed by atoms with Gasteiger partial charge in [0.1, 0.15) is 0 Å². The van der Waals surface area contributed by atoms with E-state index in [2.05, 4.69) is 25.8 Å². The molecule has 0 aromatic rings.